The molecule has 0 spiro atoms. The largest absolute Gasteiger partial charge is 0.457 e. The Labute approximate surface area is 130 Å². The van der Waals surface area contributed by atoms with Crippen LogP contribution in [-0.4, -0.2) is 0 Å². The molecular weight excluding hydrogens is 314 g/mol. The van der Waals surface area contributed by atoms with E-state index >= 15 is 0 Å². The zero-order valence-corrected chi connectivity index (χ0v) is 13.9. The number of benzene rings is 2. The molecule has 0 bridgehead atoms. The third kappa shape index (κ3) is 6.40. The molecule has 2 rings (SSSR count). The van der Waals surface area contributed by atoms with Crippen molar-refractivity contribution in [1.82, 2.24) is 0 Å². The quantitative estimate of drug-likeness (QED) is 0.658. The molecule has 2 nitrogen and oxygen atoms in total. The van der Waals surface area contributed by atoms with Crippen LogP contribution in [0.5, 0.6) is 11.5 Å². The Morgan fingerprint density at radius 3 is 1.60 bits per heavy atom. The Hall–Kier alpha value is -1.79. The summed E-state index contributed by atoms with van der Waals surface area (Å²) in [6, 6.07) is 16.7. The minimum atomic E-state index is 0.628. The van der Waals surface area contributed by atoms with Crippen molar-refractivity contribution in [2.24, 2.45) is 0 Å². The molecule has 0 atom stereocenters. The summed E-state index contributed by atoms with van der Waals surface area (Å²) < 4.78 is 6.62. The lowest BCUT2D eigenvalue weighted by atomic mass is 10.2. The Kier molecular flexibility index (Phi) is 10.1. The van der Waals surface area contributed by atoms with Gasteiger partial charge < -0.3 is 4.74 Å². The zero-order chi connectivity index (χ0) is 15.4. The van der Waals surface area contributed by atoms with E-state index in [4.69, 9.17) is 10.00 Å². The number of nitrogens with zero attached hydrogens (tertiary/aromatic N) is 1. The SMILES string of the molecule is CC.CC.N#Cc1ccc(Oc2ccc(Br)cc2)cc1. The van der Waals surface area contributed by atoms with Gasteiger partial charge in [0.05, 0.1) is 11.6 Å². The van der Waals surface area contributed by atoms with Crippen molar-refractivity contribution in [2.45, 2.75) is 27.7 Å². The minimum Gasteiger partial charge on any atom is -0.457 e. The maximum atomic E-state index is 8.65. The number of ether oxygens (including phenoxy) is 1. The van der Waals surface area contributed by atoms with Crippen LogP contribution in [0.15, 0.2) is 53.0 Å². The van der Waals surface area contributed by atoms with Gasteiger partial charge in [0.1, 0.15) is 11.5 Å². The Morgan fingerprint density at radius 1 is 0.800 bits per heavy atom. The van der Waals surface area contributed by atoms with Crippen molar-refractivity contribution in [1.29, 1.82) is 5.26 Å². The number of nitriles is 1. The standard InChI is InChI=1S/C13H8BrNO.2C2H6/c14-11-3-7-13(8-4-11)16-12-5-1-10(9-15)2-6-12;2*1-2/h1-8H;2*1-2H3. The maximum Gasteiger partial charge on any atom is 0.127 e. The van der Waals surface area contributed by atoms with Crippen molar-refractivity contribution >= 4 is 15.9 Å². The lowest BCUT2D eigenvalue weighted by Crippen LogP contribution is -1.83. The summed E-state index contributed by atoms with van der Waals surface area (Å²) in [5.74, 6) is 1.49. The molecule has 0 radical (unpaired) electrons. The van der Waals surface area contributed by atoms with Gasteiger partial charge >= 0.3 is 0 Å². The van der Waals surface area contributed by atoms with Gasteiger partial charge in [-0.2, -0.15) is 5.26 Å². The fourth-order valence-corrected chi connectivity index (χ4v) is 1.50. The highest BCUT2D eigenvalue weighted by molar-refractivity contribution is 9.10. The summed E-state index contributed by atoms with van der Waals surface area (Å²) in [6.45, 7) is 8.00. The molecule has 0 fully saturated rings. The number of hydrogen-bond donors (Lipinski definition) is 0. The van der Waals surface area contributed by atoms with E-state index in [1.807, 2.05) is 52.0 Å². The van der Waals surface area contributed by atoms with Crippen LogP contribution in [0.4, 0.5) is 0 Å². The van der Waals surface area contributed by atoms with Gasteiger partial charge in [0.2, 0.25) is 0 Å². The van der Waals surface area contributed by atoms with Gasteiger partial charge in [-0.25, -0.2) is 0 Å². The molecule has 0 unspecified atom stereocenters. The highest BCUT2D eigenvalue weighted by Crippen LogP contribution is 2.23. The first-order chi connectivity index (χ1) is 9.78. The van der Waals surface area contributed by atoms with Gasteiger partial charge in [-0.3, -0.25) is 0 Å². The van der Waals surface area contributed by atoms with E-state index in [9.17, 15) is 0 Å². The Morgan fingerprint density at radius 2 is 1.20 bits per heavy atom. The first-order valence-electron chi connectivity index (χ1n) is 6.71. The summed E-state index contributed by atoms with van der Waals surface area (Å²) >= 11 is 3.36. The molecule has 0 heterocycles. The van der Waals surface area contributed by atoms with Crippen LogP contribution in [0, 0.1) is 11.3 Å². The summed E-state index contributed by atoms with van der Waals surface area (Å²) in [5.41, 5.74) is 0.628. The molecule has 2 aromatic carbocycles. The molecule has 0 aliphatic rings. The molecular formula is C17H20BrNO. The second-order valence-corrected chi connectivity index (χ2v) is 4.11. The minimum absolute atomic E-state index is 0.628. The molecule has 0 N–H and O–H groups in total. The number of rotatable bonds is 2. The van der Waals surface area contributed by atoms with E-state index in [-0.39, 0.29) is 0 Å². The van der Waals surface area contributed by atoms with Crippen molar-refractivity contribution in [3.63, 3.8) is 0 Å². The second-order valence-electron chi connectivity index (χ2n) is 3.19. The van der Waals surface area contributed by atoms with Crippen LogP contribution >= 0.6 is 15.9 Å². The van der Waals surface area contributed by atoms with Gasteiger partial charge in [0.25, 0.3) is 0 Å². The first kappa shape index (κ1) is 18.2. The average molecular weight is 334 g/mol. The lowest BCUT2D eigenvalue weighted by molar-refractivity contribution is 0.482. The highest BCUT2D eigenvalue weighted by atomic mass is 79.9. The summed E-state index contributed by atoms with van der Waals surface area (Å²) in [4.78, 5) is 0. The van der Waals surface area contributed by atoms with E-state index in [2.05, 4.69) is 22.0 Å². The number of halogens is 1. The van der Waals surface area contributed by atoms with Crippen LogP contribution < -0.4 is 4.74 Å². The highest BCUT2D eigenvalue weighted by Gasteiger charge is 1.97. The molecule has 2 aromatic rings. The summed E-state index contributed by atoms with van der Waals surface area (Å²) in [6.07, 6.45) is 0. The lowest BCUT2D eigenvalue weighted by Gasteiger charge is -2.05. The molecule has 0 saturated heterocycles. The van der Waals surface area contributed by atoms with Gasteiger partial charge in [-0.15, -0.1) is 0 Å². The topological polar surface area (TPSA) is 33.0 Å². The fraction of sp³-hybridized carbons (Fsp3) is 0.235. The van der Waals surface area contributed by atoms with Crippen LogP contribution in [0.3, 0.4) is 0 Å². The zero-order valence-electron chi connectivity index (χ0n) is 12.4. The molecule has 0 aliphatic heterocycles. The molecule has 20 heavy (non-hydrogen) atoms. The fourth-order valence-electron chi connectivity index (χ4n) is 1.24. The Bertz CT molecular complexity index is 512. The monoisotopic (exact) mass is 333 g/mol. The van der Waals surface area contributed by atoms with Gasteiger partial charge in [0.15, 0.2) is 0 Å². The molecule has 3 heteroatoms. The Balaban J connectivity index is 0.000000829. The van der Waals surface area contributed by atoms with E-state index in [1.165, 1.54) is 0 Å². The van der Waals surface area contributed by atoms with E-state index in [0.29, 0.717) is 5.56 Å². The van der Waals surface area contributed by atoms with Gasteiger partial charge in [-0.05, 0) is 48.5 Å². The van der Waals surface area contributed by atoms with Crippen molar-refractivity contribution in [2.75, 3.05) is 0 Å². The van der Waals surface area contributed by atoms with Crippen molar-refractivity contribution in [3.8, 4) is 17.6 Å². The third-order valence-corrected chi connectivity index (χ3v) is 2.56. The third-order valence-electron chi connectivity index (χ3n) is 2.03. The van der Waals surface area contributed by atoms with Gasteiger partial charge in [-0.1, -0.05) is 43.6 Å². The normalized spacial score (nSPS) is 8.20. The van der Waals surface area contributed by atoms with Crippen LogP contribution in [-0.2, 0) is 0 Å². The van der Waals surface area contributed by atoms with Crippen molar-refractivity contribution < 1.29 is 4.74 Å². The molecule has 0 saturated carbocycles. The predicted octanol–water partition coefficient (Wildman–Crippen LogP) is 6.17. The molecule has 106 valence electrons. The van der Waals surface area contributed by atoms with Crippen molar-refractivity contribution in [3.05, 3.63) is 58.6 Å². The smallest absolute Gasteiger partial charge is 0.127 e. The molecule has 0 aliphatic carbocycles. The van der Waals surface area contributed by atoms with E-state index < -0.39 is 0 Å². The van der Waals surface area contributed by atoms with Crippen LogP contribution in [0.2, 0.25) is 0 Å². The molecule has 0 amide bonds. The van der Waals surface area contributed by atoms with Crippen LogP contribution in [0.1, 0.15) is 33.3 Å². The van der Waals surface area contributed by atoms with E-state index in [1.54, 1.807) is 24.3 Å². The van der Waals surface area contributed by atoms with E-state index in [0.717, 1.165) is 16.0 Å². The predicted molar refractivity (Wildman–Crippen MR) is 88.1 cm³/mol. The molecule has 0 aromatic heterocycles. The summed E-state index contributed by atoms with van der Waals surface area (Å²) in [5, 5.41) is 8.65. The van der Waals surface area contributed by atoms with Gasteiger partial charge in [0, 0.05) is 4.47 Å². The summed E-state index contributed by atoms with van der Waals surface area (Å²) in [7, 11) is 0. The average Bonchev–Trinajstić information content (AvgIpc) is 2.54. The number of hydrogen-bond acceptors (Lipinski definition) is 2. The van der Waals surface area contributed by atoms with Crippen LogP contribution in [0.25, 0.3) is 0 Å². The maximum absolute atomic E-state index is 8.65. The first-order valence-corrected chi connectivity index (χ1v) is 7.51. The second kappa shape index (κ2) is 11.1.